The Balaban J connectivity index is 1.64. The number of hydrogen-bond donors (Lipinski definition) is 1. The zero-order valence-corrected chi connectivity index (χ0v) is 12.0. The summed E-state index contributed by atoms with van der Waals surface area (Å²) >= 11 is 0. The molecular weight excluding hydrogens is 264 g/mol. The molecule has 2 aromatic rings. The Morgan fingerprint density at radius 1 is 1.19 bits per heavy atom. The topological polar surface area (TPSA) is 55.2 Å². The summed E-state index contributed by atoms with van der Waals surface area (Å²) in [4.78, 5) is 10.7. The Kier molecular flexibility index (Phi) is 3.71. The van der Waals surface area contributed by atoms with Crippen LogP contribution in [-0.4, -0.2) is 11.0 Å². The number of benzene rings is 2. The van der Waals surface area contributed by atoms with Crippen molar-refractivity contribution in [3.63, 3.8) is 0 Å². The predicted octanol–water partition coefficient (Wildman–Crippen LogP) is 3.16. The largest absolute Gasteiger partial charge is 0.309 e. The maximum Gasteiger partial charge on any atom is 0.272 e. The monoisotopic (exact) mass is 282 g/mol. The fourth-order valence-electron chi connectivity index (χ4n) is 2.93. The van der Waals surface area contributed by atoms with Crippen molar-refractivity contribution in [1.82, 2.24) is 5.32 Å². The van der Waals surface area contributed by atoms with Crippen molar-refractivity contribution in [2.75, 3.05) is 0 Å². The third-order valence-electron chi connectivity index (χ3n) is 4.12. The van der Waals surface area contributed by atoms with Gasteiger partial charge in [-0.2, -0.15) is 0 Å². The summed E-state index contributed by atoms with van der Waals surface area (Å²) in [5.74, 6) is 0. The average Bonchev–Trinajstić information content (AvgIpc) is 2.89. The van der Waals surface area contributed by atoms with Crippen molar-refractivity contribution >= 4 is 5.69 Å². The fourth-order valence-corrected chi connectivity index (χ4v) is 2.93. The first-order valence-corrected chi connectivity index (χ1v) is 7.17. The lowest BCUT2D eigenvalue weighted by Crippen LogP contribution is -2.28. The number of rotatable bonds is 4. The average molecular weight is 282 g/mol. The van der Waals surface area contributed by atoms with E-state index in [0.29, 0.717) is 18.2 Å². The molecule has 1 aliphatic rings. The van der Waals surface area contributed by atoms with Crippen molar-refractivity contribution in [3.8, 4) is 0 Å². The Hall–Kier alpha value is -2.20. The maximum atomic E-state index is 11.0. The zero-order valence-electron chi connectivity index (χ0n) is 12.0. The van der Waals surface area contributed by atoms with E-state index in [4.69, 9.17) is 0 Å². The second kappa shape index (κ2) is 5.66. The molecule has 2 aromatic carbocycles. The molecular formula is C17H18N2O2. The lowest BCUT2D eigenvalue weighted by molar-refractivity contribution is -0.385. The molecule has 0 aliphatic heterocycles. The predicted molar refractivity (Wildman–Crippen MR) is 82.3 cm³/mol. The van der Waals surface area contributed by atoms with Crippen LogP contribution >= 0.6 is 0 Å². The molecule has 0 heterocycles. The van der Waals surface area contributed by atoms with Crippen molar-refractivity contribution in [1.29, 1.82) is 0 Å². The summed E-state index contributed by atoms with van der Waals surface area (Å²) in [7, 11) is 0. The number of nitrogens with one attached hydrogen (secondary N) is 1. The number of hydrogen-bond acceptors (Lipinski definition) is 3. The fraction of sp³-hybridized carbons (Fsp3) is 0.294. The highest BCUT2D eigenvalue weighted by Gasteiger charge is 2.20. The van der Waals surface area contributed by atoms with E-state index in [1.54, 1.807) is 13.0 Å². The van der Waals surface area contributed by atoms with Crippen LogP contribution < -0.4 is 5.32 Å². The van der Waals surface area contributed by atoms with Gasteiger partial charge in [-0.15, -0.1) is 0 Å². The lowest BCUT2D eigenvalue weighted by Gasteiger charge is -2.12. The summed E-state index contributed by atoms with van der Waals surface area (Å²) < 4.78 is 0. The molecule has 0 unspecified atom stereocenters. The highest BCUT2D eigenvalue weighted by Crippen LogP contribution is 2.23. The first-order valence-electron chi connectivity index (χ1n) is 7.17. The van der Waals surface area contributed by atoms with Gasteiger partial charge in [-0.05, 0) is 36.5 Å². The molecule has 1 N–H and O–H groups in total. The molecule has 0 amide bonds. The first-order chi connectivity index (χ1) is 10.1. The molecule has 0 saturated heterocycles. The van der Waals surface area contributed by atoms with Crippen molar-refractivity contribution in [2.45, 2.75) is 32.4 Å². The van der Waals surface area contributed by atoms with Gasteiger partial charge < -0.3 is 5.32 Å². The molecule has 0 aromatic heterocycles. The molecule has 1 aliphatic carbocycles. The van der Waals surface area contributed by atoms with Crippen molar-refractivity contribution in [3.05, 3.63) is 74.8 Å². The third kappa shape index (κ3) is 2.95. The Labute approximate surface area is 124 Å². The van der Waals surface area contributed by atoms with E-state index in [1.165, 1.54) is 11.1 Å². The van der Waals surface area contributed by atoms with Crippen molar-refractivity contribution in [2.24, 2.45) is 0 Å². The number of fused-ring (bicyclic) bond motifs is 1. The van der Waals surface area contributed by atoms with Crippen LogP contribution in [0.25, 0.3) is 0 Å². The van der Waals surface area contributed by atoms with Crippen LogP contribution in [0.5, 0.6) is 0 Å². The molecule has 0 radical (unpaired) electrons. The highest BCUT2D eigenvalue weighted by molar-refractivity contribution is 5.42. The quantitative estimate of drug-likeness (QED) is 0.692. The standard InChI is InChI=1S/C17H18N2O2/c1-12-6-7-13(8-17(12)19(20)21)11-18-16-9-14-4-2-3-5-15(14)10-16/h2-8,16,18H,9-11H2,1H3. The van der Waals surface area contributed by atoms with Gasteiger partial charge in [0, 0.05) is 24.2 Å². The van der Waals surface area contributed by atoms with Gasteiger partial charge >= 0.3 is 0 Å². The normalized spacial score (nSPS) is 14.1. The molecule has 4 nitrogen and oxygen atoms in total. The lowest BCUT2D eigenvalue weighted by atomic mass is 10.1. The molecule has 0 saturated carbocycles. The van der Waals surface area contributed by atoms with E-state index in [-0.39, 0.29) is 10.6 Å². The summed E-state index contributed by atoms with van der Waals surface area (Å²) in [5, 5.41) is 14.5. The minimum Gasteiger partial charge on any atom is -0.309 e. The number of nitro groups is 1. The van der Waals surface area contributed by atoms with E-state index in [2.05, 4.69) is 29.6 Å². The molecule has 108 valence electrons. The zero-order chi connectivity index (χ0) is 14.8. The molecule has 0 atom stereocenters. The van der Waals surface area contributed by atoms with Gasteiger partial charge in [0.25, 0.3) is 5.69 Å². The summed E-state index contributed by atoms with van der Waals surface area (Å²) in [6.45, 7) is 2.43. The van der Waals surface area contributed by atoms with E-state index >= 15 is 0 Å². The number of aryl methyl sites for hydroxylation is 1. The molecule has 4 heteroatoms. The second-order valence-corrected chi connectivity index (χ2v) is 5.63. The Morgan fingerprint density at radius 2 is 1.86 bits per heavy atom. The van der Waals surface area contributed by atoms with Crippen LogP contribution in [0.2, 0.25) is 0 Å². The molecule has 3 rings (SSSR count). The van der Waals surface area contributed by atoms with Crippen LogP contribution in [0.4, 0.5) is 5.69 Å². The van der Waals surface area contributed by atoms with Crippen molar-refractivity contribution < 1.29 is 4.92 Å². The van der Waals surface area contributed by atoms with Gasteiger partial charge in [0.2, 0.25) is 0 Å². The van der Waals surface area contributed by atoms with Gasteiger partial charge in [0.05, 0.1) is 4.92 Å². The molecule has 0 spiro atoms. The second-order valence-electron chi connectivity index (χ2n) is 5.63. The van der Waals surface area contributed by atoms with E-state index in [0.717, 1.165) is 18.4 Å². The van der Waals surface area contributed by atoms with Gasteiger partial charge in [0.15, 0.2) is 0 Å². The van der Waals surface area contributed by atoms with Gasteiger partial charge in [-0.1, -0.05) is 36.4 Å². The first kappa shape index (κ1) is 13.8. The minimum atomic E-state index is -0.315. The summed E-state index contributed by atoms with van der Waals surface area (Å²) in [6.07, 6.45) is 2.06. The number of nitrogens with zero attached hydrogens (tertiary/aromatic N) is 1. The molecule has 0 bridgehead atoms. The third-order valence-corrected chi connectivity index (χ3v) is 4.12. The minimum absolute atomic E-state index is 0.198. The Bertz CT molecular complexity index is 657. The Morgan fingerprint density at radius 3 is 2.48 bits per heavy atom. The van der Waals surface area contributed by atoms with Crippen LogP contribution in [0.1, 0.15) is 22.3 Å². The maximum absolute atomic E-state index is 11.0. The van der Waals surface area contributed by atoms with Crippen LogP contribution in [-0.2, 0) is 19.4 Å². The highest BCUT2D eigenvalue weighted by atomic mass is 16.6. The van der Waals surface area contributed by atoms with Gasteiger partial charge in [0.1, 0.15) is 0 Å². The van der Waals surface area contributed by atoms with Crippen LogP contribution in [0, 0.1) is 17.0 Å². The van der Waals surface area contributed by atoms with Gasteiger partial charge in [-0.25, -0.2) is 0 Å². The van der Waals surface area contributed by atoms with E-state index in [9.17, 15) is 10.1 Å². The molecule has 21 heavy (non-hydrogen) atoms. The van der Waals surface area contributed by atoms with Crippen LogP contribution in [0.15, 0.2) is 42.5 Å². The van der Waals surface area contributed by atoms with Crippen LogP contribution in [0.3, 0.4) is 0 Å². The molecule has 0 fully saturated rings. The smallest absolute Gasteiger partial charge is 0.272 e. The SMILES string of the molecule is Cc1ccc(CNC2Cc3ccccc3C2)cc1[N+](=O)[O-]. The van der Waals surface area contributed by atoms with E-state index in [1.807, 2.05) is 12.1 Å². The van der Waals surface area contributed by atoms with Gasteiger partial charge in [-0.3, -0.25) is 10.1 Å². The summed E-state index contributed by atoms with van der Waals surface area (Å²) in [5.41, 5.74) is 4.68. The van der Waals surface area contributed by atoms with E-state index < -0.39 is 0 Å². The summed E-state index contributed by atoms with van der Waals surface area (Å²) in [6, 6.07) is 14.4. The number of nitro benzene ring substituents is 1.